The molecule has 0 bridgehead atoms. The zero-order valence-corrected chi connectivity index (χ0v) is 11.3. The third-order valence-corrected chi connectivity index (χ3v) is 2.79. The molecule has 1 unspecified atom stereocenters. The molecule has 0 aromatic heterocycles. The van der Waals surface area contributed by atoms with Crippen LogP contribution in [-0.2, 0) is 0 Å². The van der Waals surface area contributed by atoms with Crippen LogP contribution >= 0.6 is 0 Å². The summed E-state index contributed by atoms with van der Waals surface area (Å²) in [5.74, 6) is 0.836. The first-order valence-corrected chi connectivity index (χ1v) is 6.49. The summed E-state index contributed by atoms with van der Waals surface area (Å²) in [6, 6.07) is 13.2. The fourth-order valence-corrected chi connectivity index (χ4v) is 1.83. The van der Waals surface area contributed by atoms with E-state index in [2.05, 4.69) is 0 Å². The van der Waals surface area contributed by atoms with Crippen LogP contribution in [0.25, 0.3) is 0 Å². The second-order valence-electron chi connectivity index (χ2n) is 4.26. The Morgan fingerprint density at radius 2 is 1.75 bits per heavy atom. The molecule has 2 rings (SSSR count). The Kier molecular flexibility index (Phi) is 4.96. The molecule has 0 saturated carbocycles. The van der Waals surface area contributed by atoms with Crippen LogP contribution in [0.5, 0.6) is 11.5 Å². The molecule has 0 radical (unpaired) electrons. The van der Waals surface area contributed by atoms with Gasteiger partial charge in [-0.15, -0.1) is 0 Å². The van der Waals surface area contributed by atoms with Gasteiger partial charge in [-0.2, -0.15) is 0 Å². The molecule has 0 aliphatic rings. The van der Waals surface area contributed by atoms with Gasteiger partial charge in [-0.05, 0) is 25.1 Å². The fraction of sp³-hybridized carbons (Fsp3) is 0.250. The highest BCUT2D eigenvalue weighted by atomic mass is 19.1. The molecule has 0 amide bonds. The zero-order valence-electron chi connectivity index (χ0n) is 11.3. The second-order valence-corrected chi connectivity index (χ2v) is 4.26. The number of benzene rings is 2. The SMILES string of the molecule is CCOc1cccc(OCC(O)c2ccccc2F)c1. The van der Waals surface area contributed by atoms with Gasteiger partial charge in [0, 0.05) is 11.6 Å². The molecular formula is C16H17FO3. The minimum absolute atomic E-state index is 0.0173. The number of halogens is 1. The van der Waals surface area contributed by atoms with Gasteiger partial charge in [-0.3, -0.25) is 0 Å². The zero-order chi connectivity index (χ0) is 14.4. The Hall–Kier alpha value is -2.07. The van der Waals surface area contributed by atoms with E-state index in [-0.39, 0.29) is 12.2 Å². The minimum atomic E-state index is -1.01. The fourth-order valence-electron chi connectivity index (χ4n) is 1.83. The van der Waals surface area contributed by atoms with Crippen LogP contribution in [0.3, 0.4) is 0 Å². The number of hydrogen-bond acceptors (Lipinski definition) is 3. The Morgan fingerprint density at radius 3 is 2.45 bits per heavy atom. The summed E-state index contributed by atoms with van der Waals surface area (Å²) in [5, 5.41) is 9.94. The highest BCUT2D eigenvalue weighted by Crippen LogP contribution is 2.22. The van der Waals surface area contributed by atoms with E-state index in [9.17, 15) is 9.50 Å². The molecule has 3 nitrogen and oxygen atoms in total. The first kappa shape index (κ1) is 14.3. The summed E-state index contributed by atoms with van der Waals surface area (Å²) in [5.41, 5.74) is 0.230. The molecule has 0 spiro atoms. The van der Waals surface area contributed by atoms with Gasteiger partial charge in [0.2, 0.25) is 0 Å². The largest absolute Gasteiger partial charge is 0.494 e. The molecule has 1 N–H and O–H groups in total. The van der Waals surface area contributed by atoms with Crippen LogP contribution in [0.2, 0.25) is 0 Å². The Morgan fingerprint density at radius 1 is 1.05 bits per heavy atom. The quantitative estimate of drug-likeness (QED) is 0.879. The summed E-state index contributed by atoms with van der Waals surface area (Å²) in [6.45, 7) is 2.45. The van der Waals surface area contributed by atoms with Gasteiger partial charge < -0.3 is 14.6 Å². The first-order chi connectivity index (χ1) is 9.70. The number of aliphatic hydroxyl groups excluding tert-OH is 1. The molecule has 2 aromatic carbocycles. The maximum absolute atomic E-state index is 13.5. The molecule has 0 saturated heterocycles. The topological polar surface area (TPSA) is 38.7 Å². The second kappa shape index (κ2) is 6.91. The number of hydrogen-bond donors (Lipinski definition) is 1. The molecule has 106 valence electrons. The number of ether oxygens (including phenoxy) is 2. The maximum atomic E-state index is 13.5. The van der Waals surface area contributed by atoms with Gasteiger partial charge in [-0.25, -0.2) is 4.39 Å². The minimum Gasteiger partial charge on any atom is -0.494 e. The van der Waals surface area contributed by atoms with Crippen LogP contribution in [0.1, 0.15) is 18.6 Å². The van der Waals surface area contributed by atoms with Gasteiger partial charge in [-0.1, -0.05) is 24.3 Å². The van der Waals surface area contributed by atoms with E-state index in [0.717, 1.165) is 0 Å². The van der Waals surface area contributed by atoms with Gasteiger partial charge in [0.1, 0.15) is 30.0 Å². The third kappa shape index (κ3) is 3.71. The number of aliphatic hydroxyl groups is 1. The third-order valence-electron chi connectivity index (χ3n) is 2.79. The normalized spacial score (nSPS) is 11.9. The first-order valence-electron chi connectivity index (χ1n) is 6.49. The van der Waals surface area contributed by atoms with Crippen molar-refractivity contribution in [1.29, 1.82) is 0 Å². The van der Waals surface area contributed by atoms with Crippen molar-refractivity contribution in [3.05, 3.63) is 59.9 Å². The molecule has 0 aliphatic carbocycles. The predicted molar refractivity (Wildman–Crippen MR) is 74.5 cm³/mol. The summed E-state index contributed by atoms with van der Waals surface area (Å²) < 4.78 is 24.3. The van der Waals surface area contributed by atoms with Gasteiger partial charge in [0.15, 0.2) is 0 Å². The van der Waals surface area contributed by atoms with E-state index >= 15 is 0 Å². The highest BCUT2D eigenvalue weighted by molar-refractivity contribution is 5.33. The summed E-state index contributed by atoms with van der Waals surface area (Å²) in [7, 11) is 0. The van der Waals surface area contributed by atoms with Crippen molar-refractivity contribution < 1.29 is 19.0 Å². The van der Waals surface area contributed by atoms with E-state index in [1.165, 1.54) is 6.07 Å². The lowest BCUT2D eigenvalue weighted by atomic mass is 10.1. The van der Waals surface area contributed by atoms with Crippen molar-refractivity contribution in [3.8, 4) is 11.5 Å². The average Bonchev–Trinajstić information content (AvgIpc) is 2.46. The van der Waals surface area contributed by atoms with Gasteiger partial charge in [0.25, 0.3) is 0 Å². The van der Waals surface area contributed by atoms with Crippen LogP contribution in [0, 0.1) is 5.82 Å². The molecule has 2 aromatic rings. The van der Waals surface area contributed by atoms with Crippen molar-refractivity contribution in [1.82, 2.24) is 0 Å². The van der Waals surface area contributed by atoms with Gasteiger partial charge >= 0.3 is 0 Å². The smallest absolute Gasteiger partial charge is 0.129 e. The molecule has 20 heavy (non-hydrogen) atoms. The van der Waals surface area contributed by atoms with Crippen LogP contribution < -0.4 is 9.47 Å². The van der Waals surface area contributed by atoms with Crippen molar-refractivity contribution in [2.24, 2.45) is 0 Å². The van der Waals surface area contributed by atoms with E-state index in [1.54, 1.807) is 36.4 Å². The van der Waals surface area contributed by atoms with Crippen molar-refractivity contribution >= 4 is 0 Å². The highest BCUT2D eigenvalue weighted by Gasteiger charge is 2.12. The van der Waals surface area contributed by atoms with E-state index in [4.69, 9.17) is 9.47 Å². The Bertz CT molecular complexity index is 557. The van der Waals surface area contributed by atoms with E-state index < -0.39 is 11.9 Å². The predicted octanol–water partition coefficient (Wildman–Crippen LogP) is 3.34. The Labute approximate surface area is 117 Å². The molecule has 0 fully saturated rings. The van der Waals surface area contributed by atoms with E-state index in [0.29, 0.717) is 18.1 Å². The summed E-state index contributed by atoms with van der Waals surface area (Å²) in [4.78, 5) is 0. The lowest BCUT2D eigenvalue weighted by Crippen LogP contribution is -2.11. The molecule has 0 aliphatic heterocycles. The molecule has 1 atom stereocenters. The van der Waals surface area contributed by atoms with Gasteiger partial charge in [0.05, 0.1) is 6.61 Å². The van der Waals surface area contributed by atoms with E-state index in [1.807, 2.05) is 13.0 Å². The van der Waals surface area contributed by atoms with Crippen LogP contribution in [0.4, 0.5) is 4.39 Å². The Balaban J connectivity index is 1.98. The molecule has 4 heteroatoms. The monoisotopic (exact) mass is 276 g/mol. The van der Waals surface area contributed by atoms with Crippen molar-refractivity contribution in [3.63, 3.8) is 0 Å². The van der Waals surface area contributed by atoms with Crippen molar-refractivity contribution in [2.75, 3.05) is 13.2 Å². The number of rotatable bonds is 6. The average molecular weight is 276 g/mol. The maximum Gasteiger partial charge on any atom is 0.129 e. The molecular weight excluding hydrogens is 259 g/mol. The lowest BCUT2D eigenvalue weighted by Gasteiger charge is -2.14. The molecule has 0 heterocycles. The standard InChI is InChI=1S/C16H17FO3/c1-2-19-12-6-5-7-13(10-12)20-11-16(18)14-8-3-4-9-15(14)17/h3-10,16,18H,2,11H2,1H3. The lowest BCUT2D eigenvalue weighted by molar-refractivity contribution is 0.105. The van der Waals surface area contributed by atoms with Crippen LogP contribution in [-0.4, -0.2) is 18.3 Å². The van der Waals surface area contributed by atoms with Crippen molar-refractivity contribution in [2.45, 2.75) is 13.0 Å². The van der Waals surface area contributed by atoms with Crippen LogP contribution in [0.15, 0.2) is 48.5 Å². The summed E-state index contributed by atoms with van der Waals surface area (Å²) >= 11 is 0. The summed E-state index contributed by atoms with van der Waals surface area (Å²) in [6.07, 6.45) is -1.01.